The average Bonchev–Trinajstić information content (AvgIpc) is 2.46. The number of benzene rings is 1. The summed E-state index contributed by atoms with van der Waals surface area (Å²) in [7, 11) is 0. The van der Waals surface area contributed by atoms with Crippen LogP contribution in [0.15, 0.2) is 18.2 Å². The zero-order chi connectivity index (χ0) is 15.7. The molecule has 0 spiro atoms. The molecule has 1 rings (SSSR count). The van der Waals surface area contributed by atoms with Crippen LogP contribution >= 0.6 is 11.8 Å². The Labute approximate surface area is 129 Å². The van der Waals surface area contributed by atoms with Crippen LogP contribution in [0.3, 0.4) is 0 Å². The van der Waals surface area contributed by atoms with Crippen molar-refractivity contribution in [3.63, 3.8) is 0 Å². The van der Waals surface area contributed by atoms with Gasteiger partial charge in [0.25, 0.3) is 5.91 Å². The number of carbonyl (C=O) groups excluding carboxylic acids is 1. The van der Waals surface area contributed by atoms with Gasteiger partial charge in [0, 0.05) is 11.6 Å². The predicted molar refractivity (Wildman–Crippen MR) is 86.9 cm³/mol. The SMILES string of the molecule is CCSCCC(C)NC(=O)c1cc(C#CCN)ccc1F. The molecule has 0 aromatic heterocycles. The van der Waals surface area contributed by atoms with Gasteiger partial charge in [0.05, 0.1) is 12.1 Å². The van der Waals surface area contributed by atoms with Crippen molar-refractivity contribution >= 4 is 17.7 Å². The lowest BCUT2D eigenvalue weighted by Gasteiger charge is -2.14. The summed E-state index contributed by atoms with van der Waals surface area (Å²) in [5.41, 5.74) is 5.91. The second-order valence-electron chi connectivity index (χ2n) is 4.56. The summed E-state index contributed by atoms with van der Waals surface area (Å²) in [6.45, 7) is 4.24. The smallest absolute Gasteiger partial charge is 0.254 e. The van der Waals surface area contributed by atoms with Gasteiger partial charge in [0.1, 0.15) is 5.82 Å². The van der Waals surface area contributed by atoms with E-state index in [1.165, 1.54) is 18.2 Å². The van der Waals surface area contributed by atoms with Gasteiger partial charge in [-0.3, -0.25) is 4.79 Å². The maximum absolute atomic E-state index is 13.8. The molecule has 0 saturated heterocycles. The normalized spacial score (nSPS) is 11.4. The molecule has 1 amide bonds. The molecule has 3 nitrogen and oxygen atoms in total. The number of amides is 1. The molecule has 0 aliphatic heterocycles. The van der Waals surface area contributed by atoms with Crippen LogP contribution < -0.4 is 11.1 Å². The average molecular weight is 308 g/mol. The third kappa shape index (κ3) is 6.19. The van der Waals surface area contributed by atoms with Crippen molar-refractivity contribution < 1.29 is 9.18 Å². The number of carbonyl (C=O) groups is 1. The molecule has 0 aliphatic rings. The molecule has 5 heteroatoms. The molecule has 0 fully saturated rings. The number of hydrogen-bond acceptors (Lipinski definition) is 3. The molecular formula is C16H21FN2OS. The first kappa shape index (κ1) is 17.5. The third-order valence-corrected chi connectivity index (χ3v) is 3.76. The van der Waals surface area contributed by atoms with Crippen molar-refractivity contribution in [1.29, 1.82) is 0 Å². The second kappa shape index (κ2) is 9.43. The highest BCUT2D eigenvalue weighted by Gasteiger charge is 2.14. The minimum Gasteiger partial charge on any atom is -0.349 e. The number of thioether (sulfide) groups is 1. The quantitative estimate of drug-likeness (QED) is 0.627. The van der Waals surface area contributed by atoms with E-state index in [0.29, 0.717) is 5.56 Å². The topological polar surface area (TPSA) is 55.1 Å². The van der Waals surface area contributed by atoms with Gasteiger partial charge in [-0.1, -0.05) is 18.8 Å². The fourth-order valence-electron chi connectivity index (χ4n) is 1.71. The van der Waals surface area contributed by atoms with E-state index >= 15 is 0 Å². The molecule has 1 aromatic carbocycles. The Morgan fingerprint density at radius 1 is 1.52 bits per heavy atom. The monoisotopic (exact) mass is 308 g/mol. The van der Waals surface area contributed by atoms with E-state index in [9.17, 15) is 9.18 Å². The number of hydrogen-bond donors (Lipinski definition) is 2. The van der Waals surface area contributed by atoms with Crippen LogP contribution in [0.2, 0.25) is 0 Å². The molecule has 1 unspecified atom stereocenters. The zero-order valence-electron chi connectivity index (χ0n) is 12.4. The van der Waals surface area contributed by atoms with E-state index in [2.05, 4.69) is 24.1 Å². The zero-order valence-corrected chi connectivity index (χ0v) is 13.2. The fourth-order valence-corrected chi connectivity index (χ4v) is 2.52. The van der Waals surface area contributed by atoms with Gasteiger partial charge in [-0.2, -0.15) is 11.8 Å². The Hall–Kier alpha value is -1.51. The standard InChI is InChI=1S/C16H21FN2OS/c1-3-21-10-8-12(2)19-16(20)14-11-13(5-4-9-18)6-7-15(14)17/h6-7,11-12H,3,8-10,18H2,1-2H3,(H,19,20). The van der Waals surface area contributed by atoms with E-state index in [-0.39, 0.29) is 18.2 Å². The van der Waals surface area contributed by atoms with Crippen molar-refractivity contribution in [2.45, 2.75) is 26.3 Å². The maximum atomic E-state index is 13.8. The summed E-state index contributed by atoms with van der Waals surface area (Å²) >= 11 is 1.82. The van der Waals surface area contributed by atoms with E-state index in [1.54, 1.807) is 0 Å². The first-order valence-electron chi connectivity index (χ1n) is 6.95. The molecule has 1 atom stereocenters. The highest BCUT2D eigenvalue weighted by molar-refractivity contribution is 7.99. The van der Waals surface area contributed by atoms with Gasteiger partial charge in [-0.05, 0) is 43.0 Å². The minimum atomic E-state index is -0.541. The van der Waals surface area contributed by atoms with Crippen molar-refractivity contribution in [2.75, 3.05) is 18.1 Å². The summed E-state index contributed by atoms with van der Waals surface area (Å²) < 4.78 is 13.8. The van der Waals surface area contributed by atoms with Crippen LogP contribution in [-0.4, -0.2) is 30.0 Å². The lowest BCUT2D eigenvalue weighted by atomic mass is 10.1. The fraction of sp³-hybridized carbons (Fsp3) is 0.438. The van der Waals surface area contributed by atoms with E-state index < -0.39 is 11.7 Å². The van der Waals surface area contributed by atoms with Crippen molar-refractivity contribution in [3.05, 3.63) is 35.1 Å². The van der Waals surface area contributed by atoms with Crippen molar-refractivity contribution in [3.8, 4) is 11.8 Å². The lowest BCUT2D eigenvalue weighted by molar-refractivity contribution is 0.0935. The van der Waals surface area contributed by atoms with E-state index in [1.807, 2.05) is 18.7 Å². The third-order valence-electron chi connectivity index (χ3n) is 2.82. The molecule has 3 N–H and O–H groups in total. The number of halogens is 1. The van der Waals surface area contributed by atoms with E-state index in [4.69, 9.17) is 5.73 Å². The number of nitrogens with one attached hydrogen (secondary N) is 1. The van der Waals surface area contributed by atoms with Crippen molar-refractivity contribution in [2.24, 2.45) is 5.73 Å². The van der Waals surface area contributed by atoms with E-state index in [0.717, 1.165) is 17.9 Å². The van der Waals surface area contributed by atoms with Gasteiger partial charge in [0.15, 0.2) is 0 Å². The molecule has 0 heterocycles. The Morgan fingerprint density at radius 2 is 2.29 bits per heavy atom. The van der Waals surface area contributed by atoms with Crippen LogP contribution in [0.1, 0.15) is 36.2 Å². The number of nitrogens with two attached hydrogens (primary N) is 1. The Morgan fingerprint density at radius 3 is 2.95 bits per heavy atom. The summed E-state index contributed by atoms with van der Waals surface area (Å²) in [4.78, 5) is 12.1. The van der Waals surface area contributed by atoms with Gasteiger partial charge in [-0.15, -0.1) is 0 Å². The molecule has 0 radical (unpaired) electrons. The van der Waals surface area contributed by atoms with Crippen LogP contribution in [0.25, 0.3) is 0 Å². The van der Waals surface area contributed by atoms with Gasteiger partial charge < -0.3 is 11.1 Å². The molecule has 21 heavy (non-hydrogen) atoms. The summed E-state index contributed by atoms with van der Waals surface area (Å²) in [5.74, 6) is 6.57. The molecule has 114 valence electrons. The Balaban J connectivity index is 2.72. The predicted octanol–water partition coefficient (Wildman–Crippen LogP) is 2.40. The lowest BCUT2D eigenvalue weighted by Crippen LogP contribution is -2.33. The first-order valence-corrected chi connectivity index (χ1v) is 8.11. The molecule has 0 saturated carbocycles. The summed E-state index contributed by atoms with van der Waals surface area (Å²) in [6, 6.07) is 4.26. The molecule has 1 aromatic rings. The van der Waals surface area contributed by atoms with Crippen LogP contribution in [0.5, 0.6) is 0 Å². The maximum Gasteiger partial charge on any atom is 0.254 e. The molecular weight excluding hydrogens is 287 g/mol. The Kier molecular flexibility index (Phi) is 7.88. The van der Waals surface area contributed by atoms with Gasteiger partial charge in [0.2, 0.25) is 0 Å². The highest BCUT2D eigenvalue weighted by Crippen LogP contribution is 2.11. The second-order valence-corrected chi connectivity index (χ2v) is 5.95. The largest absolute Gasteiger partial charge is 0.349 e. The first-order chi connectivity index (χ1) is 10.1. The van der Waals surface area contributed by atoms with Crippen LogP contribution in [0, 0.1) is 17.7 Å². The van der Waals surface area contributed by atoms with Crippen molar-refractivity contribution in [1.82, 2.24) is 5.32 Å². The summed E-state index contributed by atoms with van der Waals surface area (Å²) in [5, 5.41) is 2.81. The molecule has 0 bridgehead atoms. The Bertz CT molecular complexity index is 537. The number of rotatable bonds is 6. The van der Waals surface area contributed by atoms with Gasteiger partial charge in [-0.25, -0.2) is 4.39 Å². The highest BCUT2D eigenvalue weighted by atomic mass is 32.2. The summed E-state index contributed by atoms with van der Waals surface area (Å²) in [6.07, 6.45) is 0.860. The van der Waals surface area contributed by atoms with Gasteiger partial charge >= 0.3 is 0 Å². The van der Waals surface area contributed by atoms with Crippen LogP contribution in [-0.2, 0) is 0 Å². The van der Waals surface area contributed by atoms with Crippen LogP contribution in [0.4, 0.5) is 4.39 Å². The minimum absolute atomic E-state index is 0.00901. The molecule has 0 aliphatic carbocycles.